The minimum atomic E-state index is -4.23. The van der Waals surface area contributed by atoms with Gasteiger partial charge in [-0.15, -0.1) is 0 Å². The van der Waals surface area contributed by atoms with Crippen molar-refractivity contribution < 1.29 is 18.0 Å². The maximum Gasteiger partial charge on any atom is 0.416 e. The number of rotatable bonds is 8. The molecule has 26 heavy (non-hydrogen) atoms. The fourth-order valence-corrected chi connectivity index (χ4v) is 4.42. The number of halogens is 3. The van der Waals surface area contributed by atoms with Crippen LogP contribution in [0.25, 0.3) is 0 Å². The first-order valence-electron chi connectivity index (χ1n) is 9.18. The predicted molar refractivity (Wildman–Crippen MR) is 93.9 cm³/mol. The molecule has 1 heterocycles. The molecular weight excluding hydrogens is 343 g/mol. The third kappa shape index (κ3) is 4.31. The second kappa shape index (κ2) is 7.47. The Kier molecular flexibility index (Phi) is 5.46. The van der Waals surface area contributed by atoms with E-state index in [0.29, 0.717) is 12.3 Å². The summed E-state index contributed by atoms with van der Waals surface area (Å²) in [7, 11) is 0. The van der Waals surface area contributed by atoms with E-state index in [1.807, 2.05) is 0 Å². The first-order chi connectivity index (χ1) is 12.3. The molecule has 144 valence electrons. The summed E-state index contributed by atoms with van der Waals surface area (Å²) in [5.41, 5.74) is 4.70. The third-order valence-electron chi connectivity index (χ3n) is 5.85. The molecule has 3 N–H and O–H groups in total. The summed E-state index contributed by atoms with van der Waals surface area (Å²) in [4.78, 5) is 13.0. The van der Waals surface area contributed by atoms with Gasteiger partial charge in [0.15, 0.2) is 0 Å². The van der Waals surface area contributed by atoms with E-state index in [1.165, 1.54) is 18.2 Å². The number of alkyl halides is 3. The predicted octanol–water partition coefficient (Wildman–Crippen LogP) is 2.74. The Labute approximate surface area is 152 Å². The van der Waals surface area contributed by atoms with Crippen molar-refractivity contribution in [3.8, 4) is 0 Å². The highest BCUT2D eigenvalue weighted by Crippen LogP contribution is 2.64. The highest BCUT2D eigenvalue weighted by molar-refractivity contribution is 5.85. The summed E-state index contributed by atoms with van der Waals surface area (Å²) < 4.78 is 38.2. The van der Waals surface area contributed by atoms with Crippen LogP contribution in [0.3, 0.4) is 0 Å². The lowest BCUT2D eigenvalue weighted by Gasteiger charge is -2.27. The minimum absolute atomic E-state index is 0.201. The van der Waals surface area contributed by atoms with E-state index in [0.717, 1.165) is 45.4 Å². The van der Waals surface area contributed by atoms with Crippen LogP contribution in [0, 0.1) is 17.3 Å². The van der Waals surface area contributed by atoms with Crippen LogP contribution in [-0.2, 0) is 4.79 Å². The van der Waals surface area contributed by atoms with E-state index in [4.69, 9.17) is 5.73 Å². The number of primary amides is 1. The summed E-state index contributed by atoms with van der Waals surface area (Å²) >= 11 is 0. The van der Waals surface area contributed by atoms with Gasteiger partial charge in [-0.05, 0) is 49.5 Å². The van der Waals surface area contributed by atoms with Gasteiger partial charge in [-0.3, -0.25) is 4.79 Å². The van der Waals surface area contributed by atoms with E-state index in [1.54, 1.807) is 12.3 Å². The van der Waals surface area contributed by atoms with Crippen molar-refractivity contribution in [3.05, 3.63) is 36.1 Å². The molecule has 2 aliphatic carbocycles. The number of nitrogens with two attached hydrogens (primary N) is 1. The fourth-order valence-electron chi connectivity index (χ4n) is 4.42. The number of allylic oxidation sites excluding steroid dienone is 4. The number of fused-ring (bicyclic) bond motifs is 1. The van der Waals surface area contributed by atoms with E-state index in [-0.39, 0.29) is 11.3 Å². The molecule has 3 rings (SSSR count). The normalized spacial score (nSPS) is 31.1. The Balaban J connectivity index is 1.38. The molecular formula is C19H26F3N3O. The molecule has 1 amide bonds. The molecule has 0 aromatic heterocycles. The lowest BCUT2D eigenvalue weighted by atomic mass is 9.82. The monoisotopic (exact) mass is 369 g/mol. The maximum absolute atomic E-state index is 12.7. The van der Waals surface area contributed by atoms with Gasteiger partial charge in [0, 0.05) is 31.9 Å². The third-order valence-corrected chi connectivity index (χ3v) is 5.85. The van der Waals surface area contributed by atoms with Crippen molar-refractivity contribution >= 4 is 5.91 Å². The molecule has 7 heteroatoms. The summed E-state index contributed by atoms with van der Waals surface area (Å²) in [6.45, 7) is 3.87. The Morgan fingerprint density at radius 1 is 1.42 bits per heavy atom. The molecule has 3 atom stereocenters. The molecule has 1 saturated carbocycles. The van der Waals surface area contributed by atoms with E-state index in [2.05, 4.69) is 10.2 Å². The number of hydrogen-bond donors (Lipinski definition) is 2. The van der Waals surface area contributed by atoms with Crippen LogP contribution in [0.2, 0.25) is 0 Å². The number of nitrogens with one attached hydrogen (secondary N) is 1. The first kappa shape index (κ1) is 19.0. The molecule has 1 aliphatic heterocycles. The molecule has 3 aliphatic rings. The van der Waals surface area contributed by atoms with Crippen molar-refractivity contribution in [2.24, 2.45) is 23.0 Å². The molecule has 2 fully saturated rings. The average Bonchev–Trinajstić information content (AvgIpc) is 3.15. The Bertz CT molecular complexity index is 626. The second-order valence-electron chi connectivity index (χ2n) is 7.62. The van der Waals surface area contributed by atoms with Crippen LogP contribution >= 0.6 is 0 Å². The van der Waals surface area contributed by atoms with Crippen molar-refractivity contribution in [2.75, 3.05) is 26.2 Å². The van der Waals surface area contributed by atoms with Gasteiger partial charge in [0.05, 0.1) is 5.57 Å². The molecule has 0 radical (unpaired) electrons. The van der Waals surface area contributed by atoms with Crippen LogP contribution in [0.1, 0.15) is 25.7 Å². The largest absolute Gasteiger partial charge is 0.416 e. The standard InChI is InChI=1S/C19H26F3N3O/c20-19(21,22)15-5-3-14(4-6-15)18-11-16(18)12-25(13-18)10-2-1-8-24-9-7-17(23)26/h3,5-7,9,14,16,24H,1-2,4,8,10-13H2,(H2,23,26)/b9-7-/t14-,16-,18+/m0/s1. The Morgan fingerprint density at radius 3 is 2.88 bits per heavy atom. The molecule has 4 nitrogen and oxygen atoms in total. The highest BCUT2D eigenvalue weighted by Gasteiger charge is 2.62. The molecule has 0 aromatic rings. The topological polar surface area (TPSA) is 58.4 Å². The quantitative estimate of drug-likeness (QED) is 0.511. The van der Waals surface area contributed by atoms with Crippen molar-refractivity contribution in [2.45, 2.75) is 31.9 Å². The van der Waals surface area contributed by atoms with Crippen LogP contribution in [0.4, 0.5) is 13.2 Å². The van der Waals surface area contributed by atoms with Crippen molar-refractivity contribution in [3.63, 3.8) is 0 Å². The number of amides is 1. The highest BCUT2D eigenvalue weighted by atomic mass is 19.4. The summed E-state index contributed by atoms with van der Waals surface area (Å²) in [6.07, 6.45) is 6.77. The van der Waals surface area contributed by atoms with E-state index in [9.17, 15) is 18.0 Å². The first-order valence-corrected chi connectivity index (χ1v) is 9.18. The van der Waals surface area contributed by atoms with Gasteiger partial charge in [-0.1, -0.05) is 18.2 Å². The number of hydrogen-bond acceptors (Lipinski definition) is 3. The Morgan fingerprint density at radius 2 is 2.23 bits per heavy atom. The van der Waals surface area contributed by atoms with Crippen LogP contribution < -0.4 is 11.1 Å². The van der Waals surface area contributed by atoms with Crippen LogP contribution in [0.15, 0.2) is 36.1 Å². The second-order valence-corrected chi connectivity index (χ2v) is 7.62. The van der Waals surface area contributed by atoms with Gasteiger partial charge < -0.3 is 16.0 Å². The maximum atomic E-state index is 12.7. The summed E-state index contributed by atoms with van der Waals surface area (Å²) in [5.74, 6) is 0.409. The van der Waals surface area contributed by atoms with Gasteiger partial charge in [-0.25, -0.2) is 0 Å². The van der Waals surface area contributed by atoms with Gasteiger partial charge in [0.25, 0.3) is 0 Å². The van der Waals surface area contributed by atoms with Crippen molar-refractivity contribution in [1.29, 1.82) is 0 Å². The van der Waals surface area contributed by atoms with Crippen molar-refractivity contribution in [1.82, 2.24) is 10.2 Å². The minimum Gasteiger partial charge on any atom is -0.391 e. The lowest BCUT2D eigenvalue weighted by molar-refractivity contribution is -0.113. The molecule has 0 aromatic carbocycles. The van der Waals surface area contributed by atoms with Gasteiger partial charge >= 0.3 is 6.18 Å². The Hall–Kier alpha value is -1.76. The average molecular weight is 369 g/mol. The molecule has 0 spiro atoms. The van der Waals surface area contributed by atoms with Crippen LogP contribution in [0.5, 0.6) is 0 Å². The van der Waals surface area contributed by atoms with Gasteiger partial charge in [0.1, 0.15) is 0 Å². The fraction of sp³-hybridized carbons (Fsp3) is 0.632. The van der Waals surface area contributed by atoms with Gasteiger partial charge in [0.2, 0.25) is 5.91 Å². The van der Waals surface area contributed by atoms with E-state index < -0.39 is 17.7 Å². The van der Waals surface area contributed by atoms with Crippen LogP contribution in [-0.4, -0.2) is 43.2 Å². The smallest absolute Gasteiger partial charge is 0.391 e. The zero-order valence-electron chi connectivity index (χ0n) is 14.8. The zero-order chi connectivity index (χ0) is 18.8. The number of piperidine rings is 1. The number of carbonyl (C=O) groups excluding carboxylic acids is 1. The summed E-state index contributed by atoms with van der Waals surface area (Å²) in [6, 6.07) is 0. The number of nitrogens with zero attached hydrogens (tertiary/aromatic N) is 1. The number of carbonyl (C=O) groups is 1. The molecule has 0 unspecified atom stereocenters. The zero-order valence-corrected chi connectivity index (χ0v) is 14.8. The number of unbranched alkanes of at least 4 members (excludes halogenated alkanes) is 1. The SMILES string of the molecule is NC(=O)/C=C\NCCCCN1C[C@@H]2C[C@]2([C@H]2C=CC(C(F)(F)F)=CC2)C1. The van der Waals surface area contributed by atoms with Gasteiger partial charge in [-0.2, -0.15) is 13.2 Å². The molecule has 1 saturated heterocycles. The lowest BCUT2D eigenvalue weighted by Crippen LogP contribution is -2.29. The summed E-state index contributed by atoms with van der Waals surface area (Å²) in [5, 5.41) is 3.03. The number of likely N-dealkylation sites (tertiary alicyclic amines) is 1. The molecule has 0 bridgehead atoms. The van der Waals surface area contributed by atoms with E-state index >= 15 is 0 Å².